The molecule has 0 aliphatic carbocycles. The largest absolute Gasteiger partial charge is 0.444 e. The van der Waals surface area contributed by atoms with E-state index in [1.807, 2.05) is 30.3 Å². The number of nitrogens with zero attached hydrogens (tertiary/aromatic N) is 1. The average Bonchev–Trinajstić information content (AvgIpc) is 2.73. The Morgan fingerprint density at radius 1 is 1.00 bits per heavy atom. The van der Waals surface area contributed by atoms with Crippen LogP contribution in [0.15, 0.2) is 66.7 Å². The van der Waals surface area contributed by atoms with Crippen molar-refractivity contribution in [2.75, 3.05) is 11.9 Å². The van der Waals surface area contributed by atoms with E-state index in [1.54, 1.807) is 30.3 Å². The van der Waals surface area contributed by atoms with Gasteiger partial charge in [-0.1, -0.05) is 60.1 Å². The first-order valence-corrected chi connectivity index (χ1v) is 8.84. The predicted molar refractivity (Wildman–Crippen MR) is 106 cm³/mol. The number of benzene rings is 2. The summed E-state index contributed by atoms with van der Waals surface area (Å²) >= 11 is 6.18. The minimum absolute atomic E-state index is 0.0726. The van der Waals surface area contributed by atoms with Gasteiger partial charge in [0.15, 0.2) is 0 Å². The molecule has 0 aliphatic heterocycles. The number of aliphatic hydroxyl groups excluding tert-OH is 1. The predicted octanol–water partition coefficient (Wildman–Crippen LogP) is 4.33. The highest BCUT2D eigenvalue weighted by Crippen LogP contribution is 2.28. The first kappa shape index (κ1) is 19.5. The van der Waals surface area contributed by atoms with Gasteiger partial charge in [0.05, 0.1) is 11.4 Å². The van der Waals surface area contributed by atoms with E-state index in [0.29, 0.717) is 16.3 Å². The van der Waals surface area contributed by atoms with Crippen molar-refractivity contribution in [1.29, 1.82) is 0 Å². The van der Waals surface area contributed by atoms with E-state index in [1.165, 1.54) is 6.07 Å². The lowest BCUT2D eigenvalue weighted by molar-refractivity contribution is 0.0899. The summed E-state index contributed by atoms with van der Waals surface area (Å²) in [5, 5.41) is 12.2. The number of anilines is 1. The number of ketones is 1. The molecule has 1 heterocycles. The molecule has 1 aromatic heterocycles. The molecule has 0 unspecified atom stereocenters. The van der Waals surface area contributed by atoms with Crippen LogP contribution in [-0.4, -0.2) is 28.6 Å². The molecule has 0 radical (unpaired) electrons. The van der Waals surface area contributed by atoms with Crippen LogP contribution in [0.25, 0.3) is 11.3 Å². The van der Waals surface area contributed by atoms with E-state index in [4.69, 9.17) is 16.3 Å². The molecule has 0 fully saturated rings. The minimum Gasteiger partial charge on any atom is -0.444 e. The number of rotatable bonds is 6. The second kappa shape index (κ2) is 9.12. The molecular weight excluding hydrogens is 380 g/mol. The summed E-state index contributed by atoms with van der Waals surface area (Å²) in [6, 6.07) is 19.4. The third kappa shape index (κ3) is 4.73. The molecule has 1 amide bonds. The molecule has 0 aliphatic rings. The van der Waals surface area contributed by atoms with Gasteiger partial charge in [-0.3, -0.25) is 10.1 Å². The van der Waals surface area contributed by atoms with E-state index >= 15 is 0 Å². The topological polar surface area (TPSA) is 88.5 Å². The Bertz CT molecular complexity index is 993. The van der Waals surface area contributed by atoms with E-state index < -0.39 is 18.5 Å². The average molecular weight is 397 g/mol. The number of nitrogens with one attached hydrogen (secondary N) is 1. The van der Waals surface area contributed by atoms with Gasteiger partial charge < -0.3 is 9.84 Å². The zero-order valence-electron chi connectivity index (χ0n) is 14.8. The number of hydrogen-bond donors (Lipinski definition) is 2. The number of hydrogen-bond acceptors (Lipinski definition) is 5. The first-order valence-electron chi connectivity index (χ1n) is 8.46. The number of carbonyl (C=O) groups excluding carboxylic acids is 2. The van der Waals surface area contributed by atoms with Crippen LogP contribution in [0, 0.1) is 0 Å². The number of Topliss-reactive ketones (excluding diaryl/α,β-unsaturated/α-hetero) is 1. The molecule has 7 heteroatoms. The number of halogens is 1. The number of aliphatic hydroxyl groups is 1. The van der Waals surface area contributed by atoms with Gasteiger partial charge in [0.25, 0.3) is 0 Å². The number of aromatic nitrogens is 1. The Labute approximate surface area is 166 Å². The van der Waals surface area contributed by atoms with Gasteiger partial charge in [0, 0.05) is 10.6 Å². The van der Waals surface area contributed by atoms with Crippen molar-refractivity contribution in [3.05, 3.63) is 83.0 Å². The molecule has 2 aromatic carbocycles. The molecule has 0 atom stereocenters. The van der Waals surface area contributed by atoms with Crippen molar-refractivity contribution >= 4 is 29.2 Å². The summed E-state index contributed by atoms with van der Waals surface area (Å²) in [6.45, 7) is -0.659. The summed E-state index contributed by atoms with van der Waals surface area (Å²) in [7, 11) is 0. The fraction of sp³-hybridized carbons (Fsp3) is 0.0952. The molecule has 3 rings (SSSR count). The van der Waals surface area contributed by atoms with Crippen LogP contribution in [0.1, 0.15) is 16.1 Å². The maximum absolute atomic E-state index is 12.1. The van der Waals surface area contributed by atoms with Crippen molar-refractivity contribution < 1.29 is 19.4 Å². The second-order valence-electron chi connectivity index (χ2n) is 5.84. The van der Waals surface area contributed by atoms with Crippen LogP contribution >= 0.6 is 11.6 Å². The molecule has 28 heavy (non-hydrogen) atoms. The summed E-state index contributed by atoms with van der Waals surface area (Å²) in [6.07, 6.45) is -0.733. The lowest BCUT2D eigenvalue weighted by Gasteiger charge is -2.12. The molecule has 6 nitrogen and oxygen atoms in total. The van der Waals surface area contributed by atoms with E-state index in [0.717, 1.165) is 5.56 Å². The van der Waals surface area contributed by atoms with Gasteiger partial charge in [0.1, 0.15) is 18.9 Å². The fourth-order valence-corrected chi connectivity index (χ4v) is 2.77. The number of pyridine rings is 1. The van der Waals surface area contributed by atoms with E-state index in [2.05, 4.69) is 10.3 Å². The van der Waals surface area contributed by atoms with Crippen molar-refractivity contribution in [1.82, 2.24) is 4.98 Å². The zero-order chi connectivity index (χ0) is 19.9. The van der Waals surface area contributed by atoms with Crippen LogP contribution in [0.5, 0.6) is 0 Å². The summed E-state index contributed by atoms with van der Waals surface area (Å²) in [5.74, 6) is -0.632. The van der Waals surface area contributed by atoms with Crippen molar-refractivity contribution in [2.45, 2.75) is 6.61 Å². The SMILES string of the molecule is O=C(Nc1ccc(-c2ccccc2Cl)nc1C(=O)CO)OCc1ccccc1. The molecule has 142 valence electrons. The molecule has 2 N–H and O–H groups in total. The molecule has 3 aromatic rings. The van der Waals surface area contributed by atoms with Gasteiger partial charge >= 0.3 is 6.09 Å². The van der Waals surface area contributed by atoms with Gasteiger partial charge in [-0.05, 0) is 23.8 Å². The third-order valence-corrected chi connectivity index (χ3v) is 4.23. The monoisotopic (exact) mass is 396 g/mol. The van der Waals surface area contributed by atoms with Gasteiger partial charge in [0.2, 0.25) is 5.78 Å². The molecule has 0 saturated carbocycles. The third-order valence-electron chi connectivity index (χ3n) is 3.90. The van der Waals surface area contributed by atoms with Crippen LogP contribution in [-0.2, 0) is 11.3 Å². The Hall–Kier alpha value is -3.22. The quantitative estimate of drug-likeness (QED) is 0.605. The van der Waals surface area contributed by atoms with E-state index in [9.17, 15) is 14.7 Å². The highest BCUT2D eigenvalue weighted by atomic mass is 35.5. The minimum atomic E-state index is -0.743. The smallest absolute Gasteiger partial charge is 0.412 e. The van der Waals surface area contributed by atoms with Crippen molar-refractivity contribution in [3.8, 4) is 11.3 Å². The summed E-state index contributed by atoms with van der Waals surface area (Å²) < 4.78 is 5.16. The van der Waals surface area contributed by atoms with Gasteiger partial charge in [-0.2, -0.15) is 0 Å². The van der Waals surface area contributed by atoms with Gasteiger partial charge in [-0.25, -0.2) is 9.78 Å². The lowest BCUT2D eigenvalue weighted by atomic mass is 10.1. The molecule has 0 saturated heterocycles. The first-order chi connectivity index (χ1) is 13.6. The maximum Gasteiger partial charge on any atom is 0.412 e. The number of amides is 1. The van der Waals surface area contributed by atoms with Crippen molar-refractivity contribution in [2.24, 2.45) is 0 Å². The van der Waals surface area contributed by atoms with Crippen LogP contribution in [0.2, 0.25) is 5.02 Å². The van der Waals surface area contributed by atoms with Crippen molar-refractivity contribution in [3.63, 3.8) is 0 Å². The Morgan fingerprint density at radius 3 is 2.43 bits per heavy atom. The Balaban J connectivity index is 1.81. The normalized spacial score (nSPS) is 10.4. The van der Waals surface area contributed by atoms with Crippen LogP contribution < -0.4 is 5.32 Å². The Kier molecular flexibility index (Phi) is 6.37. The van der Waals surface area contributed by atoms with E-state index in [-0.39, 0.29) is 18.0 Å². The molecular formula is C21H17ClN2O4. The Morgan fingerprint density at radius 2 is 1.71 bits per heavy atom. The molecule has 0 bridgehead atoms. The lowest BCUT2D eigenvalue weighted by Crippen LogP contribution is -2.18. The van der Waals surface area contributed by atoms with Gasteiger partial charge in [-0.15, -0.1) is 0 Å². The highest BCUT2D eigenvalue weighted by molar-refractivity contribution is 6.33. The summed E-state index contributed by atoms with van der Waals surface area (Å²) in [4.78, 5) is 28.5. The fourth-order valence-electron chi connectivity index (χ4n) is 2.54. The highest BCUT2D eigenvalue weighted by Gasteiger charge is 2.17. The number of ether oxygens (including phenoxy) is 1. The van der Waals surface area contributed by atoms with Crippen LogP contribution in [0.3, 0.4) is 0 Å². The van der Waals surface area contributed by atoms with Crippen LogP contribution in [0.4, 0.5) is 10.5 Å². The maximum atomic E-state index is 12.1. The summed E-state index contributed by atoms with van der Waals surface area (Å²) in [5.41, 5.74) is 1.99. The zero-order valence-corrected chi connectivity index (χ0v) is 15.5. The molecule has 0 spiro atoms. The standard InChI is InChI=1S/C21H17ClN2O4/c22-16-9-5-4-8-15(16)17-10-11-18(20(23-17)19(26)12-25)24-21(27)28-13-14-6-2-1-3-7-14/h1-11,25H,12-13H2,(H,24,27). The number of carbonyl (C=O) groups is 2. The second-order valence-corrected chi connectivity index (χ2v) is 6.25.